The molecule has 1 aromatic rings. The quantitative estimate of drug-likeness (QED) is 0.186. The largest absolute Gasteiger partial charge is 0.456 e. The SMILES string of the molecule is C=C1C2=C(C)[C@@H](OC(=O)[C@H](O)[C@@H](NC(=O)OC(C)(C)C)C(C)(F)F)C[C@@]1(O)[C@@H](OC(=O)c1ccccc1)[C@H]1[C@@](C)(CC[C@H]3OC[C@]31OC(C)=O)[C@@H]1O[C@H](CN3CC[C@H]3CO)O[C@H]21. The van der Waals surface area contributed by atoms with Crippen molar-refractivity contribution in [2.24, 2.45) is 11.3 Å². The lowest BCUT2D eigenvalue weighted by atomic mass is 9.48. The number of fused-ring (bicyclic) bond motifs is 8. The number of carbonyl (C=O) groups excluding carboxylic acids is 4. The molecule has 0 radical (unpaired) electrons. The molecule has 7 rings (SSSR count). The number of nitrogens with zero attached hydrogens (tertiary/aromatic N) is 1. The number of carbonyl (C=O) groups is 4. The first-order valence-corrected chi connectivity index (χ1v) is 21.0. The summed E-state index contributed by atoms with van der Waals surface area (Å²) in [4.78, 5) is 55.9. The Morgan fingerprint density at radius 3 is 2.34 bits per heavy atom. The summed E-state index contributed by atoms with van der Waals surface area (Å²) in [6.07, 6.45) is -9.66. The maximum atomic E-state index is 15.1. The summed E-state index contributed by atoms with van der Waals surface area (Å²) in [5.74, 6) is -8.03. The second-order valence-corrected chi connectivity index (χ2v) is 18.9. The molecule has 16 nitrogen and oxygen atoms in total. The van der Waals surface area contributed by atoms with Crippen LogP contribution in [0, 0.1) is 11.3 Å². The maximum absolute atomic E-state index is 15.1. The Labute approximate surface area is 358 Å². The molecule has 342 valence electrons. The zero-order valence-corrected chi connectivity index (χ0v) is 36.1. The minimum atomic E-state index is -3.87. The Kier molecular flexibility index (Phi) is 12.2. The predicted octanol–water partition coefficient (Wildman–Crippen LogP) is 3.35. The summed E-state index contributed by atoms with van der Waals surface area (Å²) in [6, 6.07) is 5.40. The summed E-state index contributed by atoms with van der Waals surface area (Å²) >= 11 is 0. The predicted molar refractivity (Wildman–Crippen MR) is 212 cm³/mol. The third kappa shape index (κ3) is 8.16. The Morgan fingerprint density at radius 1 is 1.08 bits per heavy atom. The number of rotatable bonds is 11. The highest BCUT2D eigenvalue weighted by Gasteiger charge is 2.75. The van der Waals surface area contributed by atoms with Crippen molar-refractivity contribution >= 4 is 24.0 Å². The van der Waals surface area contributed by atoms with Gasteiger partial charge in [0.15, 0.2) is 18.0 Å². The Morgan fingerprint density at radius 2 is 1.77 bits per heavy atom. The zero-order chi connectivity index (χ0) is 45.3. The van der Waals surface area contributed by atoms with E-state index in [1.165, 1.54) is 39.8 Å². The molecular weight excluding hydrogens is 818 g/mol. The molecule has 2 saturated carbocycles. The molecule has 62 heavy (non-hydrogen) atoms. The van der Waals surface area contributed by atoms with E-state index in [0.717, 1.165) is 6.42 Å². The lowest BCUT2D eigenvalue weighted by Crippen LogP contribution is -2.78. The first-order chi connectivity index (χ1) is 28.9. The summed E-state index contributed by atoms with van der Waals surface area (Å²) in [6.45, 7) is 14.7. The number of halogens is 2. The molecule has 3 aliphatic heterocycles. The molecule has 0 spiro atoms. The molecule has 13 atom stereocenters. The van der Waals surface area contributed by atoms with Gasteiger partial charge in [-0.25, -0.2) is 23.2 Å². The van der Waals surface area contributed by atoms with Gasteiger partial charge in [-0.05, 0) is 75.8 Å². The number of alkyl halides is 2. The molecule has 18 heteroatoms. The highest BCUT2D eigenvalue weighted by molar-refractivity contribution is 5.89. The normalized spacial score (nSPS) is 36.5. The lowest BCUT2D eigenvalue weighted by molar-refractivity contribution is -0.337. The third-order valence-corrected chi connectivity index (χ3v) is 13.5. The second-order valence-electron chi connectivity index (χ2n) is 18.9. The highest BCUT2D eigenvalue weighted by atomic mass is 19.3. The molecule has 5 fully saturated rings. The first-order valence-electron chi connectivity index (χ1n) is 21.0. The minimum absolute atomic E-state index is 0.0251. The van der Waals surface area contributed by atoms with Gasteiger partial charge in [-0.3, -0.25) is 9.69 Å². The molecule has 0 aromatic heterocycles. The molecular formula is C44H58F2N2O14. The highest BCUT2D eigenvalue weighted by Crippen LogP contribution is 2.64. The summed E-state index contributed by atoms with van der Waals surface area (Å²) in [5, 5.41) is 36.5. The number of aliphatic hydroxyl groups excluding tert-OH is 2. The number of aliphatic hydroxyl groups is 3. The summed E-state index contributed by atoms with van der Waals surface area (Å²) in [7, 11) is 0. The topological polar surface area (TPSA) is 209 Å². The molecule has 1 aromatic carbocycles. The van der Waals surface area contributed by atoms with Crippen molar-refractivity contribution < 1.29 is 76.4 Å². The maximum Gasteiger partial charge on any atom is 0.408 e. The molecule has 3 aliphatic carbocycles. The average molecular weight is 877 g/mol. The van der Waals surface area contributed by atoms with Gasteiger partial charge in [0, 0.05) is 44.8 Å². The van der Waals surface area contributed by atoms with Gasteiger partial charge in [0.1, 0.15) is 41.7 Å². The average Bonchev–Trinajstić information content (AvgIpc) is 3.59. The summed E-state index contributed by atoms with van der Waals surface area (Å²) < 4.78 is 73.5. The van der Waals surface area contributed by atoms with E-state index < -0.39 is 113 Å². The molecule has 3 heterocycles. The fourth-order valence-electron chi connectivity index (χ4n) is 10.4. The monoisotopic (exact) mass is 876 g/mol. The van der Waals surface area contributed by atoms with Crippen LogP contribution in [-0.2, 0) is 42.7 Å². The van der Waals surface area contributed by atoms with Crippen molar-refractivity contribution in [2.45, 2.75) is 152 Å². The molecule has 3 saturated heterocycles. The fourth-order valence-corrected chi connectivity index (χ4v) is 10.4. The van der Waals surface area contributed by atoms with Crippen LogP contribution in [0.15, 0.2) is 53.6 Å². The van der Waals surface area contributed by atoms with Crippen LogP contribution in [-0.4, -0.2) is 148 Å². The number of nitrogens with one attached hydrogen (secondary N) is 1. The van der Waals surface area contributed by atoms with E-state index >= 15 is 8.78 Å². The van der Waals surface area contributed by atoms with Gasteiger partial charge in [0.25, 0.3) is 5.92 Å². The van der Waals surface area contributed by atoms with Crippen LogP contribution in [0.4, 0.5) is 13.6 Å². The number of benzene rings is 1. The van der Waals surface area contributed by atoms with Gasteiger partial charge < -0.3 is 53.8 Å². The van der Waals surface area contributed by atoms with Crippen molar-refractivity contribution in [1.82, 2.24) is 10.2 Å². The van der Waals surface area contributed by atoms with Crippen LogP contribution in [0.5, 0.6) is 0 Å². The van der Waals surface area contributed by atoms with E-state index in [0.29, 0.717) is 26.3 Å². The van der Waals surface area contributed by atoms with Crippen molar-refractivity contribution in [2.75, 3.05) is 26.3 Å². The number of amides is 1. The van der Waals surface area contributed by atoms with Crippen LogP contribution in [0.3, 0.4) is 0 Å². The van der Waals surface area contributed by atoms with Crippen molar-refractivity contribution in [1.29, 1.82) is 0 Å². The number of hydrogen-bond donors (Lipinski definition) is 4. The number of hydrogen-bond acceptors (Lipinski definition) is 15. The molecule has 4 N–H and O–H groups in total. The van der Waals surface area contributed by atoms with E-state index in [1.54, 1.807) is 25.1 Å². The van der Waals surface area contributed by atoms with Crippen LogP contribution >= 0.6 is 0 Å². The minimum Gasteiger partial charge on any atom is -0.456 e. The van der Waals surface area contributed by atoms with Crippen molar-refractivity contribution in [3.63, 3.8) is 0 Å². The Balaban J connectivity index is 1.35. The standard InChI is InChI=1S/C44H58F2N2O14/c1-22-27(57-38(53)31(51)34(42(8,45)46)47-39(54)62-40(4,5)6)18-43(55)23(2)30(22)32-35(59-29(58-32)19-48-17-15-26(48)20-49)41(7)16-14-28-44(21-56-28,61-24(3)50)33(41)36(43)60-37(52)25-12-10-9-11-13-25/h9-13,26-29,31-36,49,51,55H,2,14-21H2,1,3-8H3,(H,47,54)/t26-,27-,28+,29+,31+,32+,33-,34+,35+,36-,41+,43-,44-/m0/s1. The third-order valence-electron chi connectivity index (χ3n) is 13.5. The van der Waals surface area contributed by atoms with E-state index in [4.69, 9.17) is 33.2 Å². The molecule has 2 bridgehead atoms. The van der Waals surface area contributed by atoms with Gasteiger partial charge in [-0.1, -0.05) is 31.7 Å². The fraction of sp³-hybridized carbons (Fsp3) is 0.682. The zero-order valence-electron chi connectivity index (χ0n) is 36.1. The van der Waals surface area contributed by atoms with E-state index in [1.807, 2.05) is 17.1 Å². The molecule has 0 unspecified atom stereocenters. The smallest absolute Gasteiger partial charge is 0.408 e. The van der Waals surface area contributed by atoms with Gasteiger partial charge in [-0.2, -0.15) is 0 Å². The molecule has 6 aliphatic rings. The van der Waals surface area contributed by atoms with Crippen molar-refractivity contribution in [3.05, 3.63) is 59.2 Å². The van der Waals surface area contributed by atoms with Crippen LogP contribution in [0.2, 0.25) is 0 Å². The Bertz CT molecular complexity index is 1970. The van der Waals surface area contributed by atoms with E-state index in [-0.39, 0.29) is 48.1 Å². The summed E-state index contributed by atoms with van der Waals surface area (Å²) in [5.41, 5.74) is -5.35. The van der Waals surface area contributed by atoms with Gasteiger partial charge >= 0.3 is 24.0 Å². The molecule has 1 amide bonds. The van der Waals surface area contributed by atoms with Gasteiger partial charge in [0.05, 0.1) is 30.8 Å². The van der Waals surface area contributed by atoms with Gasteiger partial charge in [0.2, 0.25) is 0 Å². The van der Waals surface area contributed by atoms with E-state index in [2.05, 4.69) is 6.58 Å². The second kappa shape index (κ2) is 16.5. The van der Waals surface area contributed by atoms with Crippen molar-refractivity contribution in [3.8, 4) is 0 Å². The van der Waals surface area contributed by atoms with Crippen LogP contribution in [0.25, 0.3) is 0 Å². The number of esters is 3. The van der Waals surface area contributed by atoms with E-state index in [9.17, 15) is 34.5 Å². The number of likely N-dealkylation sites (tertiary alicyclic amines) is 1. The van der Waals surface area contributed by atoms with Gasteiger partial charge in [-0.15, -0.1) is 0 Å². The number of ether oxygens (including phenoxy) is 7. The van der Waals surface area contributed by atoms with Crippen LogP contribution < -0.4 is 5.32 Å². The van der Waals surface area contributed by atoms with Crippen LogP contribution in [0.1, 0.15) is 84.5 Å². The Hall–Kier alpha value is -4.04. The first kappa shape index (κ1) is 46.0. The number of alkyl carbamates (subject to hydrolysis) is 1. The lowest BCUT2D eigenvalue weighted by Gasteiger charge is -2.66.